The summed E-state index contributed by atoms with van der Waals surface area (Å²) in [6.45, 7) is 4.26. The van der Waals surface area contributed by atoms with E-state index in [-0.39, 0.29) is 23.8 Å². The van der Waals surface area contributed by atoms with Crippen molar-refractivity contribution < 1.29 is 19.1 Å². The number of amides is 2. The van der Waals surface area contributed by atoms with E-state index in [1.165, 1.54) is 12.0 Å². The first-order chi connectivity index (χ1) is 15.1. The lowest BCUT2D eigenvalue weighted by Crippen LogP contribution is -2.51. The molecule has 1 aromatic rings. The van der Waals surface area contributed by atoms with E-state index in [9.17, 15) is 9.59 Å². The van der Waals surface area contributed by atoms with Crippen molar-refractivity contribution in [2.45, 2.75) is 70.8 Å². The lowest BCUT2D eigenvalue weighted by Gasteiger charge is -2.40. The summed E-state index contributed by atoms with van der Waals surface area (Å²) in [5.74, 6) is 1.89. The van der Waals surface area contributed by atoms with Gasteiger partial charge in [0.05, 0.1) is 20.1 Å². The van der Waals surface area contributed by atoms with Crippen LogP contribution in [0, 0.1) is 5.92 Å². The lowest BCUT2D eigenvalue weighted by molar-refractivity contribution is -0.143. The van der Waals surface area contributed by atoms with Crippen molar-refractivity contribution in [1.82, 2.24) is 9.80 Å². The van der Waals surface area contributed by atoms with Crippen LogP contribution >= 0.6 is 0 Å². The van der Waals surface area contributed by atoms with Crippen molar-refractivity contribution in [2.75, 3.05) is 33.9 Å². The van der Waals surface area contributed by atoms with Crippen LogP contribution in [0.5, 0.6) is 11.5 Å². The minimum absolute atomic E-state index is 0.0452. The number of carbonyl (C=O) groups is 2. The number of methoxy groups -OCH3 is 2. The Hall–Kier alpha value is -2.24. The number of piperidine rings is 2. The largest absolute Gasteiger partial charge is 0.493 e. The highest BCUT2D eigenvalue weighted by molar-refractivity contribution is 5.81. The molecule has 172 valence electrons. The van der Waals surface area contributed by atoms with Crippen LogP contribution in [-0.4, -0.2) is 61.5 Å². The number of hydrogen-bond donors (Lipinski definition) is 0. The van der Waals surface area contributed by atoms with E-state index in [2.05, 4.69) is 11.0 Å². The molecule has 1 aromatic carbocycles. The van der Waals surface area contributed by atoms with E-state index in [1.54, 1.807) is 14.2 Å². The van der Waals surface area contributed by atoms with Crippen molar-refractivity contribution in [1.29, 1.82) is 0 Å². The average Bonchev–Trinajstić information content (AvgIpc) is 2.82. The zero-order valence-corrected chi connectivity index (χ0v) is 19.4. The van der Waals surface area contributed by atoms with Gasteiger partial charge in [0, 0.05) is 32.1 Å². The molecule has 2 heterocycles. The maximum Gasteiger partial charge on any atom is 0.227 e. The van der Waals surface area contributed by atoms with E-state index in [4.69, 9.17) is 9.47 Å². The Labute approximate surface area is 186 Å². The third-order valence-corrected chi connectivity index (χ3v) is 6.71. The van der Waals surface area contributed by atoms with Crippen LogP contribution in [0.15, 0.2) is 18.2 Å². The van der Waals surface area contributed by atoms with Gasteiger partial charge in [0.2, 0.25) is 11.8 Å². The van der Waals surface area contributed by atoms with Crippen LogP contribution in [0.25, 0.3) is 0 Å². The number of likely N-dealkylation sites (tertiary alicyclic amines) is 2. The molecule has 0 spiro atoms. The third-order valence-electron chi connectivity index (χ3n) is 6.71. The fourth-order valence-corrected chi connectivity index (χ4v) is 4.97. The summed E-state index contributed by atoms with van der Waals surface area (Å²) in [6, 6.07) is 6.33. The number of rotatable bonds is 8. The second kappa shape index (κ2) is 11.4. The fourth-order valence-electron chi connectivity index (χ4n) is 4.97. The molecule has 2 unspecified atom stereocenters. The normalized spacial score (nSPS) is 21.6. The van der Waals surface area contributed by atoms with Gasteiger partial charge in [0.15, 0.2) is 11.5 Å². The summed E-state index contributed by atoms with van der Waals surface area (Å²) in [5.41, 5.74) is 1.20. The maximum atomic E-state index is 13.4. The molecule has 0 radical (unpaired) electrons. The molecule has 2 aliphatic rings. The van der Waals surface area contributed by atoms with Gasteiger partial charge < -0.3 is 19.3 Å². The molecule has 3 rings (SSSR count). The minimum Gasteiger partial charge on any atom is -0.493 e. The second-order valence-electron chi connectivity index (χ2n) is 8.84. The molecule has 2 saturated heterocycles. The number of hydrogen-bond acceptors (Lipinski definition) is 4. The maximum absolute atomic E-state index is 13.4. The number of carbonyl (C=O) groups excluding carboxylic acids is 2. The Morgan fingerprint density at radius 1 is 1.03 bits per heavy atom. The molecule has 2 aliphatic heterocycles. The lowest BCUT2D eigenvalue weighted by atomic mass is 9.91. The Balaban J connectivity index is 1.62. The minimum atomic E-state index is -0.0452. The molecule has 31 heavy (non-hydrogen) atoms. The summed E-state index contributed by atoms with van der Waals surface area (Å²) in [7, 11) is 3.30. The molecule has 2 amide bonds. The van der Waals surface area contributed by atoms with E-state index < -0.39 is 0 Å². The van der Waals surface area contributed by atoms with Crippen molar-refractivity contribution in [3.63, 3.8) is 0 Å². The zero-order chi connectivity index (χ0) is 22.2. The van der Waals surface area contributed by atoms with Crippen LogP contribution in [0.2, 0.25) is 0 Å². The highest BCUT2D eigenvalue weighted by atomic mass is 16.5. The average molecular weight is 431 g/mol. The van der Waals surface area contributed by atoms with E-state index in [1.807, 2.05) is 24.0 Å². The molecule has 0 N–H and O–H groups in total. The van der Waals surface area contributed by atoms with Gasteiger partial charge >= 0.3 is 0 Å². The standard InChI is InChI=1S/C25H38N2O4/c1-4-8-24(28)26-15-7-9-20(18-26)25(29)27-16-6-5-10-21(27)13-11-19-12-14-22(30-2)23(17-19)31-3/h12,14,17,20-21H,4-11,13,15-16,18H2,1-3H3. The highest BCUT2D eigenvalue weighted by Gasteiger charge is 2.34. The zero-order valence-electron chi connectivity index (χ0n) is 19.4. The molecule has 6 nitrogen and oxygen atoms in total. The molecule has 0 aliphatic carbocycles. The quantitative estimate of drug-likeness (QED) is 0.624. The smallest absolute Gasteiger partial charge is 0.227 e. The first kappa shape index (κ1) is 23.4. The Bertz CT molecular complexity index is 751. The van der Waals surface area contributed by atoms with Gasteiger partial charge in [-0.2, -0.15) is 0 Å². The molecule has 0 bridgehead atoms. The summed E-state index contributed by atoms with van der Waals surface area (Å²) >= 11 is 0. The molecule has 2 fully saturated rings. The van der Waals surface area contributed by atoms with E-state index >= 15 is 0 Å². The number of aryl methyl sites for hydroxylation is 1. The molecule has 0 aromatic heterocycles. The van der Waals surface area contributed by atoms with Crippen molar-refractivity contribution in [3.8, 4) is 11.5 Å². The Morgan fingerprint density at radius 2 is 1.84 bits per heavy atom. The van der Waals surface area contributed by atoms with Gasteiger partial charge in [-0.25, -0.2) is 0 Å². The first-order valence-electron chi connectivity index (χ1n) is 11.9. The number of nitrogens with zero attached hydrogens (tertiary/aromatic N) is 2. The van der Waals surface area contributed by atoms with Gasteiger partial charge in [0.1, 0.15) is 0 Å². The molecule has 0 saturated carbocycles. The van der Waals surface area contributed by atoms with Gasteiger partial charge in [-0.1, -0.05) is 13.0 Å². The fraction of sp³-hybridized carbons (Fsp3) is 0.680. The van der Waals surface area contributed by atoms with Gasteiger partial charge in [-0.05, 0) is 69.1 Å². The van der Waals surface area contributed by atoms with Crippen LogP contribution in [-0.2, 0) is 16.0 Å². The highest BCUT2D eigenvalue weighted by Crippen LogP contribution is 2.30. The molecule has 2 atom stereocenters. The summed E-state index contributed by atoms with van der Waals surface area (Å²) in [6.07, 6.45) is 8.42. The molecule has 6 heteroatoms. The number of benzene rings is 1. The van der Waals surface area contributed by atoms with Crippen LogP contribution < -0.4 is 9.47 Å². The molecular weight excluding hydrogens is 392 g/mol. The SMILES string of the molecule is CCCC(=O)N1CCCC(C(=O)N2CCCCC2CCc2ccc(OC)c(OC)c2)C1. The topological polar surface area (TPSA) is 59.1 Å². The van der Waals surface area contributed by atoms with Gasteiger partial charge in [-0.15, -0.1) is 0 Å². The monoisotopic (exact) mass is 430 g/mol. The van der Waals surface area contributed by atoms with Crippen LogP contribution in [0.1, 0.15) is 63.9 Å². The summed E-state index contributed by atoms with van der Waals surface area (Å²) in [4.78, 5) is 29.8. The Morgan fingerprint density at radius 3 is 2.58 bits per heavy atom. The van der Waals surface area contributed by atoms with Crippen molar-refractivity contribution in [3.05, 3.63) is 23.8 Å². The van der Waals surface area contributed by atoms with E-state index in [0.717, 1.165) is 69.5 Å². The van der Waals surface area contributed by atoms with E-state index in [0.29, 0.717) is 13.0 Å². The van der Waals surface area contributed by atoms with Crippen LogP contribution in [0.3, 0.4) is 0 Å². The van der Waals surface area contributed by atoms with Gasteiger partial charge in [0.25, 0.3) is 0 Å². The van der Waals surface area contributed by atoms with Crippen molar-refractivity contribution >= 4 is 11.8 Å². The summed E-state index contributed by atoms with van der Waals surface area (Å²) < 4.78 is 10.8. The number of ether oxygens (including phenoxy) is 2. The van der Waals surface area contributed by atoms with Crippen LogP contribution in [0.4, 0.5) is 0 Å². The predicted molar refractivity (Wildman–Crippen MR) is 121 cm³/mol. The predicted octanol–water partition coefficient (Wildman–Crippen LogP) is 4.06. The second-order valence-corrected chi connectivity index (χ2v) is 8.84. The molecular formula is C25H38N2O4. The summed E-state index contributed by atoms with van der Waals surface area (Å²) in [5, 5.41) is 0. The Kier molecular flexibility index (Phi) is 8.61. The van der Waals surface area contributed by atoms with Crippen molar-refractivity contribution in [2.24, 2.45) is 5.92 Å². The third kappa shape index (κ3) is 5.92. The first-order valence-corrected chi connectivity index (χ1v) is 11.9. The van der Waals surface area contributed by atoms with Gasteiger partial charge in [-0.3, -0.25) is 9.59 Å².